The smallest absolute Gasteiger partial charge is 0.523 e. The molecule has 5 nitrogen and oxygen atoms in total. The summed E-state index contributed by atoms with van der Waals surface area (Å²) in [7, 11) is -1.18. The summed E-state index contributed by atoms with van der Waals surface area (Å²) in [4.78, 5) is 23.5. The van der Waals surface area contributed by atoms with Gasteiger partial charge in [0.2, 0.25) is 0 Å². The van der Waals surface area contributed by atoms with Crippen molar-refractivity contribution in [3.8, 4) is 0 Å². The van der Waals surface area contributed by atoms with Crippen LogP contribution in [0.5, 0.6) is 0 Å². The van der Waals surface area contributed by atoms with Gasteiger partial charge in [-0.1, -0.05) is 25.8 Å². The molecule has 0 aromatic carbocycles. The topological polar surface area (TPSA) is 64.6 Å². The van der Waals surface area contributed by atoms with Crippen molar-refractivity contribution in [2.24, 2.45) is 0 Å². The number of carbonyl (C=O) groups excluding carboxylic acids is 2. The lowest BCUT2D eigenvalue weighted by Crippen LogP contribution is -2.47. The van der Waals surface area contributed by atoms with E-state index in [1.54, 1.807) is 0 Å². The van der Waals surface area contributed by atoms with Gasteiger partial charge in [-0.15, -0.1) is 0 Å². The Bertz CT molecular complexity index is 348. The van der Waals surface area contributed by atoms with Gasteiger partial charge in [0.15, 0.2) is 0 Å². The number of hydrogen-bond acceptors (Lipinski definition) is 4. The maximum absolute atomic E-state index is 12.1. The SMILES string of the molecule is C=C1CCCC(=O)OB(C(=O)NC2CCCCC2)O1. The number of rotatable bonds is 2. The molecule has 1 aliphatic carbocycles. The zero-order valence-electron chi connectivity index (χ0n) is 11.2. The fourth-order valence-electron chi connectivity index (χ4n) is 2.47. The minimum absolute atomic E-state index is 0.169. The van der Waals surface area contributed by atoms with Crippen LogP contribution < -0.4 is 5.32 Å². The summed E-state index contributed by atoms with van der Waals surface area (Å²) in [6, 6.07) is 0.169. The molecule has 19 heavy (non-hydrogen) atoms. The van der Waals surface area contributed by atoms with Gasteiger partial charge in [0.05, 0.1) is 5.76 Å². The minimum atomic E-state index is -1.18. The van der Waals surface area contributed by atoms with Crippen LogP contribution in [0.2, 0.25) is 0 Å². The molecule has 0 atom stereocenters. The van der Waals surface area contributed by atoms with Crippen molar-refractivity contribution in [3.05, 3.63) is 12.3 Å². The molecule has 0 spiro atoms. The molecule has 104 valence electrons. The molecule has 1 saturated carbocycles. The normalized spacial score (nSPS) is 22.0. The van der Waals surface area contributed by atoms with Crippen molar-refractivity contribution in [2.75, 3.05) is 0 Å². The van der Waals surface area contributed by atoms with Crippen molar-refractivity contribution < 1.29 is 18.9 Å². The van der Waals surface area contributed by atoms with Gasteiger partial charge in [0.25, 0.3) is 11.8 Å². The lowest BCUT2D eigenvalue weighted by molar-refractivity contribution is -0.136. The molecular formula is C13H20BNO4. The highest BCUT2D eigenvalue weighted by Crippen LogP contribution is 2.19. The van der Waals surface area contributed by atoms with Gasteiger partial charge in [-0.05, 0) is 19.3 Å². The van der Waals surface area contributed by atoms with Crippen LogP contribution in [0.4, 0.5) is 4.79 Å². The summed E-state index contributed by atoms with van der Waals surface area (Å²) in [6.45, 7) is 3.73. The monoisotopic (exact) mass is 265 g/mol. The predicted molar refractivity (Wildman–Crippen MR) is 71.3 cm³/mol. The maximum Gasteiger partial charge on any atom is 0.695 e. The van der Waals surface area contributed by atoms with Crippen LogP contribution >= 0.6 is 0 Å². The number of hydrogen-bond donors (Lipinski definition) is 1. The standard InChI is InChI=1S/C13H20BNO4/c1-10-6-5-9-12(16)19-14(18-10)13(17)15-11-7-3-2-4-8-11/h11H,1-9H2,(H,15,17). The van der Waals surface area contributed by atoms with Crippen LogP contribution in [0, 0.1) is 0 Å². The average molecular weight is 265 g/mol. The van der Waals surface area contributed by atoms with E-state index in [0.717, 1.165) is 25.7 Å². The third-order valence-corrected chi connectivity index (χ3v) is 3.51. The fourth-order valence-corrected chi connectivity index (χ4v) is 2.47. The molecule has 1 aliphatic heterocycles. The Morgan fingerprint density at radius 2 is 1.89 bits per heavy atom. The first kappa shape index (κ1) is 14.0. The van der Waals surface area contributed by atoms with Gasteiger partial charge >= 0.3 is 7.12 Å². The van der Waals surface area contributed by atoms with E-state index < -0.39 is 13.1 Å². The summed E-state index contributed by atoms with van der Waals surface area (Å²) in [5.74, 6) is -0.268. The highest BCUT2D eigenvalue weighted by molar-refractivity contribution is 6.81. The first-order valence-electron chi connectivity index (χ1n) is 6.99. The second-order valence-corrected chi connectivity index (χ2v) is 5.18. The van der Waals surface area contributed by atoms with Gasteiger partial charge in [-0.2, -0.15) is 0 Å². The lowest BCUT2D eigenvalue weighted by Gasteiger charge is -2.25. The second kappa shape index (κ2) is 6.64. The molecule has 6 heteroatoms. The van der Waals surface area contributed by atoms with E-state index in [0.29, 0.717) is 25.0 Å². The summed E-state index contributed by atoms with van der Waals surface area (Å²) < 4.78 is 10.3. The van der Waals surface area contributed by atoms with E-state index in [1.165, 1.54) is 6.42 Å². The molecule has 2 aliphatic rings. The molecule has 1 heterocycles. The quantitative estimate of drug-likeness (QED) is 0.778. The van der Waals surface area contributed by atoms with Gasteiger partial charge in [-0.3, -0.25) is 9.59 Å². The van der Waals surface area contributed by atoms with E-state index in [9.17, 15) is 9.59 Å². The van der Waals surface area contributed by atoms with Gasteiger partial charge in [0.1, 0.15) is 0 Å². The van der Waals surface area contributed by atoms with Crippen LogP contribution in [0.1, 0.15) is 51.4 Å². The number of nitrogens with one attached hydrogen (secondary N) is 1. The summed E-state index contributed by atoms with van der Waals surface area (Å²) in [6.07, 6.45) is 6.97. The molecule has 0 bridgehead atoms. The number of allylic oxidation sites excluding steroid dienone is 1. The van der Waals surface area contributed by atoms with Crippen molar-refractivity contribution in [2.45, 2.75) is 57.4 Å². The number of amides is 1. The van der Waals surface area contributed by atoms with Gasteiger partial charge in [-0.25, -0.2) is 0 Å². The fraction of sp³-hybridized carbons (Fsp3) is 0.692. The van der Waals surface area contributed by atoms with E-state index >= 15 is 0 Å². The van der Waals surface area contributed by atoms with Crippen LogP contribution in [0.3, 0.4) is 0 Å². The van der Waals surface area contributed by atoms with Crippen molar-refractivity contribution >= 4 is 18.9 Å². The van der Waals surface area contributed by atoms with Crippen LogP contribution in [-0.2, 0) is 14.1 Å². The largest absolute Gasteiger partial charge is 0.695 e. The molecule has 0 unspecified atom stereocenters. The molecule has 0 aromatic heterocycles. The highest BCUT2D eigenvalue weighted by atomic mass is 16.6. The summed E-state index contributed by atoms with van der Waals surface area (Å²) in [5.41, 5.74) is 0. The minimum Gasteiger partial charge on any atom is -0.523 e. The Kier molecular flexibility index (Phi) is 4.88. The first-order valence-corrected chi connectivity index (χ1v) is 6.99. The lowest BCUT2D eigenvalue weighted by atomic mass is 9.85. The summed E-state index contributed by atoms with van der Waals surface area (Å²) >= 11 is 0. The predicted octanol–water partition coefficient (Wildman–Crippen LogP) is 2.36. The third kappa shape index (κ3) is 4.30. The second-order valence-electron chi connectivity index (χ2n) is 5.18. The molecular weight excluding hydrogens is 245 g/mol. The van der Waals surface area contributed by atoms with Crippen molar-refractivity contribution in [1.29, 1.82) is 0 Å². The van der Waals surface area contributed by atoms with Gasteiger partial charge < -0.3 is 14.6 Å². The van der Waals surface area contributed by atoms with E-state index in [-0.39, 0.29) is 11.8 Å². The Labute approximate surface area is 113 Å². The molecule has 0 aromatic rings. The average Bonchev–Trinajstić information content (AvgIpc) is 2.37. The Hall–Kier alpha value is -1.46. The molecule has 1 amide bonds. The van der Waals surface area contributed by atoms with E-state index in [4.69, 9.17) is 9.31 Å². The molecule has 2 fully saturated rings. The first-order chi connectivity index (χ1) is 9.15. The van der Waals surface area contributed by atoms with Crippen molar-refractivity contribution in [3.63, 3.8) is 0 Å². The summed E-state index contributed by atoms with van der Waals surface area (Å²) in [5, 5.41) is 2.90. The molecule has 1 N–H and O–H groups in total. The van der Waals surface area contributed by atoms with E-state index in [2.05, 4.69) is 11.9 Å². The maximum atomic E-state index is 12.1. The third-order valence-electron chi connectivity index (χ3n) is 3.51. The zero-order valence-corrected chi connectivity index (χ0v) is 11.2. The van der Waals surface area contributed by atoms with Crippen LogP contribution in [-0.4, -0.2) is 24.9 Å². The Balaban J connectivity index is 1.90. The van der Waals surface area contributed by atoms with E-state index in [1.807, 2.05) is 0 Å². The van der Waals surface area contributed by atoms with Crippen LogP contribution in [0.25, 0.3) is 0 Å². The molecule has 1 saturated heterocycles. The zero-order chi connectivity index (χ0) is 13.7. The molecule has 0 radical (unpaired) electrons. The van der Waals surface area contributed by atoms with Crippen LogP contribution in [0.15, 0.2) is 12.3 Å². The Morgan fingerprint density at radius 3 is 2.63 bits per heavy atom. The van der Waals surface area contributed by atoms with Crippen molar-refractivity contribution in [1.82, 2.24) is 5.32 Å². The van der Waals surface area contributed by atoms with Gasteiger partial charge in [0, 0.05) is 18.9 Å². The highest BCUT2D eigenvalue weighted by Gasteiger charge is 2.38. The molecule has 2 rings (SSSR count). The number of carbonyl (C=O) groups is 2. The Morgan fingerprint density at radius 1 is 1.16 bits per heavy atom.